The van der Waals surface area contributed by atoms with E-state index in [2.05, 4.69) is 15.3 Å². The topological polar surface area (TPSA) is 94.0 Å². The van der Waals surface area contributed by atoms with E-state index in [0.29, 0.717) is 23.7 Å². The Morgan fingerprint density at radius 1 is 1.33 bits per heavy atom. The molecule has 0 saturated carbocycles. The van der Waals surface area contributed by atoms with Crippen LogP contribution in [0, 0.1) is 6.92 Å². The molecule has 0 amide bonds. The summed E-state index contributed by atoms with van der Waals surface area (Å²) in [5.74, 6) is 0.312. The average molecular weight is 284 g/mol. The molecule has 0 saturated heterocycles. The second-order valence-corrected chi connectivity index (χ2v) is 4.48. The first-order valence-corrected chi connectivity index (χ1v) is 6.28. The molecule has 3 aromatic heterocycles. The van der Waals surface area contributed by atoms with Gasteiger partial charge in [-0.3, -0.25) is 4.98 Å². The molecule has 0 unspecified atom stereocenters. The third-order valence-corrected chi connectivity index (χ3v) is 2.95. The second kappa shape index (κ2) is 5.20. The summed E-state index contributed by atoms with van der Waals surface area (Å²) in [5.41, 5.74) is 0.734. The van der Waals surface area contributed by atoms with Gasteiger partial charge in [-0.25, -0.2) is 9.48 Å². The number of carbonyl (C=O) groups is 1. The van der Waals surface area contributed by atoms with Gasteiger partial charge in [0, 0.05) is 6.20 Å². The molecule has 3 heterocycles. The number of carboxylic acid groups (broad SMARTS) is 1. The largest absolute Gasteiger partial charge is 0.476 e. The van der Waals surface area contributed by atoms with Crippen LogP contribution in [0.1, 0.15) is 22.0 Å². The minimum Gasteiger partial charge on any atom is -0.476 e. The van der Waals surface area contributed by atoms with Gasteiger partial charge >= 0.3 is 5.97 Å². The Morgan fingerprint density at radius 3 is 2.81 bits per heavy atom. The normalized spacial score (nSPS) is 10.7. The Morgan fingerprint density at radius 2 is 2.19 bits per heavy atom. The summed E-state index contributed by atoms with van der Waals surface area (Å²) in [6.45, 7) is 2.13. The molecular formula is C14H12N4O3. The molecule has 0 fully saturated rings. The first kappa shape index (κ1) is 13.0. The Bertz CT molecular complexity index is 777. The zero-order valence-electron chi connectivity index (χ0n) is 11.2. The maximum Gasteiger partial charge on any atom is 0.358 e. The highest BCUT2D eigenvalue weighted by atomic mass is 16.4. The van der Waals surface area contributed by atoms with Crippen molar-refractivity contribution in [1.29, 1.82) is 0 Å². The molecule has 0 aliphatic heterocycles. The van der Waals surface area contributed by atoms with Crippen molar-refractivity contribution in [3.8, 4) is 11.4 Å². The van der Waals surface area contributed by atoms with E-state index in [9.17, 15) is 9.90 Å². The number of pyridine rings is 1. The monoisotopic (exact) mass is 284 g/mol. The summed E-state index contributed by atoms with van der Waals surface area (Å²) in [7, 11) is 0. The molecule has 106 valence electrons. The number of hydrogen-bond donors (Lipinski definition) is 1. The van der Waals surface area contributed by atoms with E-state index in [-0.39, 0.29) is 5.69 Å². The molecule has 7 nitrogen and oxygen atoms in total. The highest BCUT2D eigenvalue weighted by Gasteiger charge is 2.22. The Hall–Kier alpha value is -2.96. The number of carboxylic acids is 1. The highest BCUT2D eigenvalue weighted by Crippen LogP contribution is 2.21. The van der Waals surface area contributed by atoms with Gasteiger partial charge in [0.15, 0.2) is 5.69 Å². The van der Waals surface area contributed by atoms with Crippen LogP contribution in [0.2, 0.25) is 0 Å². The molecule has 0 aliphatic rings. The summed E-state index contributed by atoms with van der Waals surface area (Å²) in [4.78, 5) is 15.5. The van der Waals surface area contributed by atoms with Crippen LogP contribution < -0.4 is 0 Å². The highest BCUT2D eigenvalue weighted by molar-refractivity contribution is 5.92. The van der Waals surface area contributed by atoms with Crippen molar-refractivity contribution in [2.75, 3.05) is 0 Å². The van der Waals surface area contributed by atoms with Gasteiger partial charge < -0.3 is 9.52 Å². The van der Waals surface area contributed by atoms with E-state index in [1.54, 1.807) is 24.4 Å². The van der Waals surface area contributed by atoms with Crippen molar-refractivity contribution < 1.29 is 14.3 Å². The molecule has 0 atom stereocenters. The fourth-order valence-electron chi connectivity index (χ4n) is 2.04. The lowest BCUT2D eigenvalue weighted by Gasteiger charge is -2.04. The molecule has 0 radical (unpaired) electrons. The van der Waals surface area contributed by atoms with Gasteiger partial charge in [-0.05, 0) is 31.2 Å². The number of hydrogen-bond acceptors (Lipinski definition) is 5. The Labute approximate surface area is 119 Å². The average Bonchev–Trinajstić information content (AvgIpc) is 3.07. The van der Waals surface area contributed by atoms with Crippen molar-refractivity contribution in [1.82, 2.24) is 20.0 Å². The molecule has 1 N–H and O–H groups in total. The van der Waals surface area contributed by atoms with Crippen LogP contribution in [0.25, 0.3) is 11.4 Å². The predicted octanol–water partition coefficient (Wildman–Crippen LogP) is 1.99. The first-order chi connectivity index (χ1) is 10.1. The summed E-state index contributed by atoms with van der Waals surface area (Å²) in [6, 6.07) is 8.91. The minimum absolute atomic E-state index is 0.128. The minimum atomic E-state index is -1.14. The van der Waals surface area contributed by atoms with Gasteiger partial charge in [-0.2, -0.15) is 0 Å². The number of aryl methyl sites for hydroxylation is 1. The third-order valence-electron chi connectivity index (χ3n) is 2.95. The maximum atomic E-state index is 11.3. The van der Waals surface area contributed by atoms with Gasteiger partial charge in [0.1, 0.15) is 23.8 Å². The zero-order valence-corrected chi connectivity index (χ0v) is 11.2. The second-order valence-electron chi connectivity index (χ2n) is 4.48. The number of rotatable bonds is 4. The molecular weight excluding hydrogens is 272 g/mol. The van der Waals surface area contributed by atoms with Crippen LogP contribution in [0.5, 0.6) is 0 Å². The number of aromatic nitrogens is 4. The van der Waals surface area contributed by atoms with Crippen LogP contribution in [0.15, 0.2) is 40.9 Å². The van der Waals surface area contributed by atoms with Crippen molar-refractivity contribution >= 4 is 5.97 Å². The van der Waals surface area contributed by atoms with E-state index in [4.69, 9.17) is 4.42 Å². The van der Waals surface area contributed by atoms with Gasteiger partial charge in [-0.1, -0.05) is 11.3 Å². The molecule has 0 bridgehead atoms. The van der Waals surface area contributed by atoms with E-state index in [1.165, 1.54) is 4.68 Å². The molecule has 21 heavy (non-hydrogen) atoms. The lowest BCUT2D eigenvalue weighted by atomic mass is 10.2. The van der Waals surface area contributed by atoms with Crippen LogP contribution >= 0.6 is 0 Å². The zero-order chi connectivity index (χ0) is 14.8. The van der Waals surface area contributed by atoms with Crippen molar-refractivity contribution in [3.05, 3.63) is 53.7 Å². The van der Waals surface area contributed by atoms with E-state index in [1.807, 2.05) is 19.1 Å². The van der Waals surface area contributed by atoms with Crippen molar-refractivity contribution in [2.24, 2.45) is 0 Å². The summed E-state index contributed by atoms with van der Waals surface area (Å²) < 4.78 is 6.97. The molecule has 3 rings (SSSR count). The summed E-state index contributed by atoms with van der Waals surface area (Å²) in [5, 5.41) is 16.9. The Balaban J connectivity index is 2.07. The fourth-order valence-corrected chi connectivity index (χ4v) is 2.04. The van der Waals surface area contributed by atoms with Crippen LogP contribution in [0.3, 0.4) is 0 Å². The summed E-state index contributed by atoms with van der Waals surface area (Å²) in [6.07, 6.45) is 1.59. The van der Waals surface area contributed by atoms with Gasteiger partial charge in [0.25, 0.3) is 0 Å². The van der Waals surface area contributed by atoms with E-state index in [0.717, 1.165) is 5.76 Å². The van der Waals surface area contributed by atoms with Gasteiger partial charge in [-0.15, -0.1) is 5.10 Å². The smallest absolute Gasteiger partial charge is 0.358 e. The number of aromatic carboxylic acids is 1. The van der Waals surface area contributed by atoms with Crippen LogP contribution in [-0.2, 0) is 6.54 Å². The molecule has 3 aromatic rings. The molecule has 0 aliphatic carbocycles. The molecule has 0 aromatic carbocycles. The quantitative estimate of drug-likeness (QED) is 0.787. The van der Waals surface area contributed by atoms with Gasteiger partial charge in [0.2, 0.25) is 0 Å². The standard InChI is InChI=1S/C14H12N4O3/c1-9-5-6-10(21-9)8-18-13(11-4-2-3-7-15-11)12(14(19)20)16-17-18/h2-7H,8H2,1H3,(H,19,20). The molecule has 0 spiro atoms. The number of furan rings is 1. The van der Waals surface area contributed by atoms with E-state index >= 15 is 0 Å². The first-order valence-electron chi connectivity index (χ1n) is 6.28. The molecule has 7 heteroatoms. The summed E-state index contributed by atoms with van der Waals surface area (Å²) >= 11 is 0. The lowest BCUT2D eigenvalue weighted by molar-refractivity contribution is 0.0691. The number of nitrogens with zero attached hydrogens (tertiary/aromatic N) is 4. The third kappa shape index (κ3) is 2.53. The lowest BCUT2D eigenvalue weighted by Crippen LogP contribution is -2.06. The predicted molar refractivity (Wildman–Crippen MR) is 72.8 cm³/mol. The Kier molecular flexibility index (Phi) is 3.23. The van der Waals surface area contributed by atoms with Crippen molar-refractivity contribution in [3.63, 3.8) is 0 Å². The van der Waals surface area contributed by atoms with Crippen molar-refractivity contribution in [2.45, 2.75) is 13.5 Å². The van der Waals surface area contributed by atoms with Crippen LogP contribution in [-0.4, -0.2) is 31.1 Å². The van der Waals surface area contributed by atoms with E-state index < -0.39 is 5.97 Å². The van der Waals surface area contributed by atoms with Crippen LogP contribution in [0.4, 0.5) is 0 Å². The van der Waals surface area contributed by atoms with Gasteiger partial charge in [0.05, 0.1) is 5.69 Å². The fraction of sp³-hybridized carbons (Fsp3) is 0.143. The SMILES string of the molecule is Cc1ccc(Cn2nnc(C(=O)O)c2-c2ccccn2)o1. The maximum absolute atomic E-state index is 11.3.